The fourth-order valence-corrected chi connectivity index (χ4v) is 2.34. The summed E-state index contributed by atoms with van der Waals surface area (Å²) in [6.45, 7) is 3.68. The van der Waals surface area contributed by atoms with Gasteiger partial charge in [0, 0.05) is 0 Å². The predicted molar refractivity (Wildman–Crippen MR) is 81.2 cm³/mol. The van der Waals surface area contributed by atoms with Crippen LogP contribution >= 0.6 is 0 Å². The zero-order valence-electron chi connectivity index (χ0n) is 11.6. The van der Waals surface area contributed by atoms with Crippen LogP contribution in [0.3, 0.4) is 0 Å². The van der Waals surface area contributed by atoms with Crippen LogP contribution in [0.15, 0.2) is 70.0 Å². The van der Waals surface area contributed by atoms with Gasteiger partial charge in [-0.25, -0.2) is 9.97 Å². The molecule has 4 aromatic rings. The number of hydrogen-bond donors (Lipinski definition) is 1. The Bertz CT molecular complexity index is 844. The van der Waals surface area contributed by atoms with Crippen LogP contribution in [-0.2, 0) is 5.60 Å². The topological polar surface area (TPSA) is 72.3 Å². The number of para-hydroxylation sites is 4. The van der Waals surface area contributed by atoms with E-state index in [1.807, 2.05) is 24.3 Å². The first kappa shape index (κ1) is 12.8. The van der Waals surface area contributed by atoms with Crippen LogP contribution in [0, 0.1) is 0 Å². The van der Waals surface area contributed by atoms with Crippen molar-refractivity contribution in [3.63, 3.8) is 0 Å². The minimum absolute atomic E-state index is 0.0789. The molecule has 0 saturated carbocycles. The van der Waals surface area contributed by atoms with Crippen LogP contribution in [0.4, 0.5) is 0 Å². The average Bonchev–Trinajstić information content (AvgIpc) is 3.18. The molecule has 0 fully saturated rings. The molecule has 0 saturated heterocycles. The van der Waals surface area contributed by atoms with E-state index in [2.05, 4.69) is 16.5 Å². The summed E-state index contributed by atoms with van der Waals surface area (Å²) in [6.07, 6.45) is 1.31. The summed E-state index contributed by atoms with van der Waals surface area (Å²) in [6, 6.07) is 14.5. The molecule has 22 heavy (non-hydrogen) atoms. The highest BCUT2D eigenvalue weighted by molar-refractivity contribution is 5.74. The Labute approximate surface area is 125 Å². The monoisotopic (exact) mass is 292 g/mol. The second-order valence-electron chi connectivity index (χ2n) is 4.94. The van der Waals surface area contributed by atoms with E-state index >= 15 is 0 Å². The second kappa shape index (κ2) is 4.54. The standard InChI is InChI=1S/C17H12N2O3/c1-2-17(20,15-18-11-7-3-5-9-13(11)21-15)16-19-12-8-4-6-10-14(12)22-16/h2-10,20H,1H2. The van der Waals surface area contributed by atoms with E-state index in [1.54, 1.807) is 24.3 Å². The van der Waals surface area contributed by atoms with E-state index in [0.717, 1.165) is 0 Å². The first-order valence-electron chi connectivity index (χ1n) is 6.79. The zero-order chi connectivity index (χ0) is 15.2. The van der Waals surface area contributed by atoms with Gasteiger partial charge in [-0.2, -0.15) is 0 Å². The van der Waals surface area contributed by atoms with Crippen LogP contribution in [0.25, 0.3) is 22.2 Å². The fourth-order valence-electron chi connectivity index (χ4n) is 2.34. The number of oxazole rings is 2. The molecule has 0 aliphatic heterocycles. The molecular weight excluding hydrogens is 280 g/mol. The molecule has 0 atom stereocenters. The Balaban J connectivity index is 1.92. The number of hydrogen-bond acceptors (Lipinski definition) is 5. The van der Waals surface area contributed by atoms with Crippen LogP contribution in [0.2, 0.25) is 0 Å². The second-order valence-corrected chi connectivity index (χ2v) is 4.94. The van der Waals surface area contributed by atoms with E-state index in [4.69, 9.17) is 8.83 Å². The minimum Gasteiger partial charge on any atom is -0.437 e. The van der Waals surface area contributed by atoms with Crippen molar-refractivity contribution < 1.29 is 13.9 Å². The molecule has 1 N–H and O–H groups in total. The number of aromatic nitrogens is 2. The molecule has 0 spiro atoms. The van der Waals surface area contributed by atoms with Crippen LogP contribution in [-0.4, -0.2) is 15.1 Å². The van der Waals surface area contributed by atoms with Crippen molar-refractivity contribution in [2.45, 2.75) is 5.60 Å². The minimum atomic E-state index is -1.72. The molecule has 4 rings (SSSR count). The molecule has 2 heterocycles. The van der Waals surface area contributed by atoms with Gasteiger partial charge in [0.05, 0.1) is 0 Å². The van der Waals surface area contributed by atoms with Gasteiger partial charge < -0.3 is 13.9 Å². The number of fused-ring (bicyclic) bond motifs is 2. The summed E-state index contributed by atoms with van der Waals surface area (Å²) in [7, 11) is 0. The number of benzene rings is 2. The molecule has 0 bridgehead atoms. The van der Waals surface area contributed by atoms with Gasteiger partial charge in [-0.15, -0.1) is 0 Å². The lowest BCUT2D eigenvalue weighted by Crippen LogP contribution is -2.25. The number of aliphatic hydroxyl groups is 1. The zero-order valence-corrected chi connectivity index (χ0v) is 11.6. The highest BCUT2D eigenvalue weighted by Crippen LogP contribution is 2.33. The van der Waals surface area contributed by atoms with Gasteiger partial charge >= 0.3 is 0 Å². The summed E-state index contributed by atoms with van der Waals surface area (Å²) in [5.74, 6) is 0.158. The lowest BCUT2D eigenvalue weighted by atomic mass is 10.1. The normalized spacial score (nSPS) is 12.0. The molecule has 108 valence electrons. The lowest BCUT2D eigenvalue weighted by Gasteiger charge is -2.15. The lowest BCUT2D eigenvalue weighted by molar-refractivity contribution is 0.0757. The highest BCUT2D eigenvalue weighted by atomic mass is 16.4. The van der Waals surface area contributed by atoms with Gasteiger partial charge in [-0.05, 0) is 30.3 Å². The van der Waals surface area contributed by atoms with Crippen LogP contribution < -0.4 is 0 Å². The maximum atomic E-state index is 10.9. The van der Waals surface area contributed by atoms with E-state index < -0.39 is 5.60 Å². The molecule has 0 unspecified atom stereocenters. The summed E-state index contributed by atoms with van der Waals surface area (Å²) in [5.41, 5.74) is 0.725. The van der Waals surface area contributed by atoms with Gasteiger partial charge in [0.25, 0.3) is 0 Å². The van der Waals surface area contributed by atoms with Gasteiger partial charge in [-0.1, -0.05) is 30.8 Å². The predicted octanol–water partition coefficient (Wildman–Crippen LogP) is 3.39. The van der Waals surface area contributed by atoms with Crippen molar-refractivity contribution in [2.24, 2.45) is 0 Å². The summed E-state index contributed by atoms with van der Waals surface area (Å²) in [4.78, 5) is 8.63. The van der Waals surface area contributed by atoms with Gasteiger partial charge in [0.2, 0.25) is 17.4 Å². The van der Waals surface area contributed by atoms with Crippen molar-refractivity contribution in [1.29, 1.82) is 0 Å². The first-order chi connectivity index (χ1) is 10.7. The number of rotatable bonds is 3. The van der Waals surface area contributed by atoms with Gasteiger partial charge in [0.1, 0.15) is 11.0 Å². The van der Waals surface area contributed by atoms with Crippen molar-refractivity contribution in [3.05, 3.63) is 73.0 Å². The van der Waals surface area contributed by atoms with E-state index in [0.29, 0.717) is 22.2 Å². The molecular formula is C17H12N2O3. The van der Waals surface area contributed by atoms with E-state index in [1.165, 1.54) is 6.08 Å². The maximum absolute atomic E-state index is 10.9. The van der Waals surface area contributed by atoms with Gasteiger partial charge in [0.15, 0.2) is 11.2 Å². The molecule has 0 amide bonds. The maximum Gasteiger partial charge on any atom is 0.241 e. The SMILES string of the molecule is C=CC(O)(c1nc2ccccc2o1)c1nc2ccccc2o1. The van der Waals surface area contributed by atoms with E-state index in [9.17, 15) is 5.11 Å². The Morgan fingerprint density at radius 3 is 1.73 bits per heavy atom. The van der Waals surface area contributed by atoms with Gasteiger partial charge in [-0.3, -0.25) is 0 Å². The third kappa shape index (κ3) is 1.76. The van der Waals surface area contributed by atoms with E-state index in [-0.39, 0.29) is 11.8 Å². The number of nitrogens with zero attached hydrogens (tertiary/aromatic N) is 2. The highest BCUT2D eigenvalue weighted by Gasteiger charge is 2.39. The third-order valence-electron chi connectivity index (χ3n) is 3.54. The summed E-state index contributed by atoms with van der Waals surface area (Å²) >= 11 is 0. The Morgan fingerprint density at radius 2 is 1.32 bits per heavy atom. The average molecular weight is 292 g/mol. The molecule has 2 aromatic heterocycles. The molecule has 0 aliphatic rings. The first-order valence-corrected chi connectivity index (χ1v) is 6.79. The quantitative estimate of drug-likeness (QED) is 0.586. The van der Waals surface area contributed by atoms with Crippen molar-refractivity contribution >= 4 is 22.2 Å². The van der Waals surface area contributed by atoms with Crippen molar-refractivity contribution in [3.8, 4) is 0 Å². The molecule has 0 aliphatic carbocycles. The summed E-state index contributed by atoms with van der Waals surface area (Å²) in [5, 5.41) is 10.9. The Morgan fingerprint density at radius 1 is 0.864 bits per heavy atom. The fraction of sp³-hybridized carbons (Fsp3) is 0.0588. The van der Waals surface area contributed by atoms with Crippen molar-refractivity contribution in [2.75, 3.05) is 0 Å². The largest absolute Gasteiger partial charge is 0.437 e. The Kier molecular flexibility index (Phi) is 2.64. The summed E-state index contributed by atoms with van der Waals surface area (Å²) < 4.78 is 11.3. The third-order valence-corrected chi connectivity index (χ3v) is 3.54. The molecule has 2 aromatic carbocycles. The smallest absolute Gasteiger partial charge is 0.241 e. The molecule has 0 radical (unpaired) electrons. The van der Waals surface area contributed by atoms with Crippen molar-refractivity contribution in [1.82, 2.24) is 9.97 Å². The van der Waals surface area contributed by atoms with Crippen LogP contribution in [0.5, 0.6) is 0 Å². The molecule has 5 nitrogen and oxygen atoms in total. The molecule has 5 heteroatoms. The van der Waals surface area contributed by atoms with Crippen LogP contribution in [0.1, 0.15) is 11.8 Å². The Hall–Kier alpha value is -2.92.